The van der Waals surface area contributed by atoms with E-state index in [2.05, 4.69) is 19.5 Å². The fourth-order valence-corrected chi connectivity index (χ4v) is 2.72. The molecule has 3 heterocycles. The minimum Gasteiger partial charge on any atom is -0.369 e. The highest BCUT2D eigenvalue weighted by Crippen LogP contribution is 2.27. The Balaban J connectivity index is 1.73. The predicted octanol–water partition coefficient (Wildman–Crippen LogP) is 4.29. The van der Waals surface area contributed by atoms with Crippen molar-refractivity contribution in [3.05, 3.63) is 60.2 Å². The van der Waals surface area contributed by atoms with Gasteiger partial charge in [-0.3, -0.25) is 9.38 Å². The molecule has 1 N–H and O–H groups in total. The number of aromatic nitrogens is 3. The zero-order valence-electron chi connectivity index (χ0n) is 13.7. The summed E-state index contributed by atoms with van der Waals surface area (Å²) in [5, 5.41) is 3.53. The van der Waals surface area contributed by atoms with Gasteiger partial charge in [-0.2, -0.15) is 0 Å². The van der Waals surface area contributed by atoms with Crippen LogP contribution in [-0.2, 0) is 0 Å². The molecule has 0 amide bonds. The first kappa shape index (κ1) is 16.0. The van der Waals surface area contributed by atoms with Crippen LogP contribution in [0, 0.1) is 6.57 Å². The van der Waals surface area contributed by atoms with Crippen molar-refractivity contribution in [1.82, 2.24) is 14.4 Å². The van der Waals surface area contributed by atoms with Gasteiger partial charge in [0.25, 0.3) is 0 Å². The number of nitrogens with one attached hydrogen (secondary N) is 1. The molecular weight excluding hydrogens is 298 g/mol. The molecule has 24 heavy (non-hydrogen) atoms. The molecule has 0 saturated heterocycles. The zero-order valence-corrected chi connectivity index (χ0v) is 13.7. The van der Waals surface area contributed by atoms with Gasteiger partial charge >= 0.3 is 0 Å². The minimum absolute atomic E-state index is 0.643. The molecule has 0 aliphatic heterocycles. The molecule has 0 fully saturated rings. The Kier molecular flexibility index (Phi) is 5.41. The normalized spacial score (nSPS) is 10.6. The van der Waals surface area contributed by atoms with Gasteiger partial charge in [-0.25, -0.2) is 11.6 Å². The second kappa shape index (κ2) is 8.11. The van der Waals surface area contributed by atoms with Crippen molar-refractivity contribution in [2.45, 2.75) is 25.7 Å². The van der Waals surface area contributed by atoms with E-state index >= 15 is 0 Å². The largest absolute Gasteiger partial charge is 0.369 e. The average molecular weight is 319 g/mol. The number of hydrogen-bond acceptors (Lipinski definition) is 3. The van der Waals surface area contributed by atoms with Crippen LogP contribution in [0.5, 0.6) is 0 Å². The first-order chi connectivity index (χ1) is 11.9. The summed E-state index contributed by atoms with van der Waals surface area (Å²) < 4.78 is 2.07. The molecule has 3 aromatic heterocycles. The van der Waals surface area contributed by atoms with Crippen molar-refractivity contribution < 1.29 is 0 Å². The average Bonchev–Trinajstić information content (AvgIpc) is 3.00. The van der Waals surface area contributed by atoms with E-state index in [0.29, 0.717) is 6.54 Å². The third kappa shape index (κ3) is 3.72. The summed E-state index contributed by atoms with van der Waals surface area (Å²) in [5.74, 6) is 0.991. The molecule has 0 aliphatic carbocycles. The van der Waals surface area contributed by atoms with Gasteiger partial charge in [0.05, 0.1) is 5.69 Å². The van der Waals surface area contributed by atoms with Gasteiger partial charge in [0.2, 0.25) is 6.54 Å². The van der Waals surface area contributed by atoms with Crippen molar-refractivity contribution in [1.29, 1.82) is 0 Å². The van der Waals surface area contributed by atoms with E-state index in [1.54, 1.807) is 6.20 Å². The van der Waals surface area contributed by atoms with Crippen molar-refractivity contribution >= 4 is 11.5 Å². The number of rotatable bonds is 8. The third-order valence-corrected chi connectivity index (χ3v) is 3.93. The van der Waals surface area contributed by atoms with Crippen LogP contribution in [0.15, 0.2) is 48.8 Å². The van der Waals surface area contributed by atoms with E-state index in [4.69, 9.17) is 11.6 Å². The SMILES string of the molecule is [C-]#[N+]CCCCCCNc1c(-c2ccccn2)nc2ccccn12. The first-order valence-electron chi connectivity index (χ1n) is 8.36. The third-order valence-electron chi connectivity index (χ3n) is 3.93. The Morgan fingerprint density at radius 2 is 1.92 bits per heavy atom. The molecule has 0 aliphatic rings. The molecular formula is C19H21N5. The molecule has 0 saturated carbocycles. The smallest absolute Gasteiger partial charge is 0.214 e. The number of unbranched alkanes of at least 4 members (excludes halogenated alkanes) is 3. The Morgan fingerprint density at radius 1 is 1.04 bits per heavy atom. The lowest BCUT2D eigenvalue weighted by atomic mass is 10.2. The van der Waals surface area contributed by atoms with E-state index in [0.717, 1.165) is 55.1 Å². The number of pyridine rings is 2. The highest BCUT2D eigenvalue weighted by atomic mass is 15.1. The molecule has 0 spiro atoms. The van der Waals surface area contributed by atoms with Crippen molar-refractivity contribution in [3.8, 4) is 11.4 Å². The first-order valence-corrected chi connectivity index (χ1v) is 8.36. The summed E-state index contributed by atoms with van der Waals surface area (Å²) in [5.41, 5.74) is 2.67. The highest BCUT2D eigenvalue weighted by Gasteiger charge is 2.14. The maximum atomic E-state index is 6.79. The number of hydrogen-bond donors (Lipinski definition) is 1. The Labute approximate surface area is 142 Å². The topological polar surface area (TPSA) is 46.6 Å². The fourth-order valence-electron chi connectivity index (χ4n) is 2.72. The maximum absolute atomic E-state index is 6.79. The standard InChI is InChI=1S/C19H21N5/c1-20-12-6-2-3-7-14-22-19-18(16-10-4-8-13-21-16)23-17-11-5-9-15-24(17)19/h4-5,8-11,13,15,22H,2-3,6-7,12,14H2. The summed E-state index contributed by atoms with van der Waals surface area (Å²) in [6, 6.07) is 11.9. The summed E-state index contributed by atoms with van der Waals surface area (Å²) in [4.78, 5) is 12.6. The van der Waals surface area contributed by atoms with Crippen LogP contribution in [0.4, 0.5) is 5.82 Å². The van der Waals surface area contributed by atoms with E-state index in [9.17, 15) is 0 Å². The van der Waals surface area contributed by atoms with Crippen molar-refractivity contribution in [3.63, 3.8) is 0 Å². The van der Waals surface area contributed by atoms with Gasteiger partial charge in [-0.05, 0) is 37.1 Å². The molecule has 0 unspecified atom stereocenters. The molecule has 5 heteroatoms. The fraction of sp³-hybridized carbons (Fsp3) is 0.316. The number of nitrogens with zero attached hydrogens (tertiary/aromatic N) is 4. The predicted molar refractivity (Wildman–Crippen MR) is 96.8 cm³/mol. The molecule has 0 radical (unpaired) electrons. The van der Waals surface area contributed by atoms with Gasteiger partial charge in [0.1, 0.15) is 17.2 Å². The lowest BCUT2D eigenvalue weighted by Crippen LogP contribution is -2.05. The van der Waals surface area contributed by atoms with E-state index in [1.165, 1.54) is 0 Å². The summed E-state index contributed by atoms with van der Waals surface area (Å²) >= 11 is 0. The van der Waals surface area contributed by atoms with Crippen LogP contribution in [0.1, 0.15) is 25.7 Å². The zero-order chi connectivity index (χ0) is 16.6. The van der Waals surface area contributed by atoms with Crippen LogP contribution < -0.4 is 5.32 Å². The lowest BCUT2D eigenvalue weighted by molar-refractivity contribution is 0.677. The monoisotopic (exact) mass is 319 g/mol. The van der Waals surface area contributed by atoms with Gasteiger partial charge < -0.3 is 10.2 Å². The second-order valence-electron chi connectivity index (χ2n) is 5.68. The number of anilines is 1. The van der Waals surface area contributed by atoms with Crippen LogP contribution in [0.2, 0.25) is 0 Å². The van der Waals surface area contributed by atoms with Gasteiger partial charge in [-0.1, -0.05) is 18.6 Å². The van der Waals surface area contributed by atoms with Gasteiger partial charge in [0.15, 0.2) is 0 Å². The van der Waals surface area contributed by atoms with Crippen LogP contribution >= 0.6 is 0 Å². The molecule has 3 rings (SSSR count). The van der Waals surface area contributed by atoms with Gasteiger partial charge in [0, 0.05) is 25.4 Å². The summed E-state index contributed by atoms with van der Waals surface area (Å²) in [6.45, 7) is 8.33. The Hall–Kier alpha value is -2.87. The molecule has 5 nitrogen and oxygen atoms in total. The van der Waals surface area contributed by atoms with Crippen LogP contribution in [0.3, 0.4) is 0 Å². The Morgan fingerprint density at radius 3 is 2.75 bits per heavy atom. The summed E-state index contributed by atoms with van der Waals surface area (Å²) in [7, 11) is 0. The lowest BCUT2D eigenvalue weighted by Gasteiger charge is -2.08. The van der Waals surface area contributed by atoms with E-state index < -0.39 is 0 Å². The van der Waals surface area contributed by atoms with Crippen LogP contribution in [0.25, 0.3) is 21.9 Å². The highest BCUT2D eigenvalue weighted by molar-refractivity contribution is 5.74. The van der Waals surface area contributed by atoms with Crippen LogP contribution in [-0.4, -0.2) is 27.5 Å². The van der Waals surface area contributed by atoms with Gasteiger partial charge in [-0.15, -0.1) is 0 Å². The van der Waals surface area contributed by atoms with Crippen molar-refractivity contribution in [2.24, 2.45) is 0 Å². The second-order valence-corrected chi connectivity index (χ2v) is 5.68. The molecule has 0 aromatic carbocycles. The number of fused-ring (bicyclic) bond motifs is 1. The Bertz CT molecular complexity index is 817. The quantitative estimate of drug-likeness (QED) is 0.498. The molecule has 0 bridgehead atoms. The van der Waals surface area contributed by atoms with E-state index in [1.807, 2.05) is 42.6 Å². The minimum atomic E-state index is 0.643. The molecule has 122 valence electrons. The summed E-state index contributed by atoms with van der Waals surface area (Å²) in [6.07, 6.45) is 8.15. The van der Waals surface area contributed by atoms with Crippen molar-refractivity contribution in [2.75, 3.05) is 18.4 Å². The molecule has 3 aromatic rings. The molecule has 0 atom stereocenters. The number of imidazole rings is 1. The maximum Gasteiger partial charge on any atom is 0.214 e. The van der Waals surface area contributed by atoms with E-state index in [-0.39, 0.29) is 0 Å².